The van der Waals surface area contributed by atoms with Crippen LogP contribution in [-0.4, -0.2) is 17.9 Å². The van der Waals surface area contributed by atoms with Gasteiger partial charge in [-0.2, -0.15) is 5.10 Å². The molecule has 1 aromatic heterocycles. The molecular formula is C10H13N3OS. The monoisotopic (exact) mass is 223 g/mol. The number of rotatable bonds is 4. The van der Waals surface area contributed by atoms with E-state index in [0.717, 1.165) is 12.3 Å². The smallest absolute Gasteiger partial charge is 0.186 e. The highest BCUT2D eigenvalue weighted by atomic mass is 32.1. The van der Waals surface area contributed by atoms with Crippen LogP contribution in [0.2, 0.25) is 0 Å². The molecule has 1 aromatic rings. The van der Waals surface area contributed by atoms with Gasteiger partial charge in [0, 0.05) is 12.8 Å². The molecule has 0 fully saturated rings. The normalized spacial score (nSPS) is 11.0. The third kappa shape index (κ3) is 4.97. The van der Waals surface area contributed by atoms with Gasteiger partial charge in [-0.25, -0.2) is 0 Å². The van der Waals surface area contributed by atoms with Crippen molar-refractivity contribution in [3.8, 4) is 0 Å². The summed E-state index contributed by atoms with van der Waals surface area (Å²) in [5.74, 6) is 0.788. The van der Waals surface area contributed by atoms with Crippen LogP contribution in [0.25, 0.3) is 6.08 Å². The summed E-state index contributed by atoms with van der Waals surface area (Å²) in [6.45, 7) is 2.75. The Hall–Kier alpha value is -1.62. The van der Waals surface area contributed by atoms with Gasteiger partial charge in [0.2, 0.25) is 0 Å². The third-order valence-corrected chi connectivity index (χ3v) is 1.70. The molecule has 0 unspecified atom stereocenters. The SMILES string of the molecule is CCNC(=S)NN=CC=Cc1ccco1. The minimum atomic E-state index is 0.514. The van der Waals surface area contributed by atoms with Crippen LogP contribution in [-0.2, 0) is 0 Å². The standard InChI is InChI=1S/C10H13N3OS/c1-2-11-10(15)13-12-7-3-5-9-6-4-8-14-9/h3-8H,2H2,1H3,(H2,11,13,15). The highest BCUT2D eigenvalue weighted by molar-refractivity contribution is 7.80. The molecular weight excluding hydrogens is 210 g/mol. The minimum Gasteiger partial charge on any atom is -0.465 e. The van der Waals surface area contributed by atoms with Crippen molar-refractivity contribution in [1.82, 2.24) is 10.7 Å². The molecule has 0 amide bonds. The van der Waals surface area contributed by atoms with Crippen molar-refractivity contribution in [3.05, 3.63) is 30.2 Å². The maximum absolute atomic E-state index is 5.09. The lowest BCUT2D eigenvalue weighted by atomic mass is 10.4. The van der Waals surface area contributed by atoms with Gasteiger partial charge in [0.25, 0.3) is 0 Å². The Balaban J connectivity index is 2.25. The number of hydrogen-bond donors (Lipinski definition) is 2. The lowest BCUT2D eigenvalue weighted by molar-refractivity contribution is 0.557. The summed E-state index contributed by atoms with van der Waals surface area (Å²) in [6, 6.07) is 3.69. The fourth-order valence-electron chi connectivity index (χ4n) is 0.863. The zero-order valence-electron chi connectivity index (χ0n) is 8.43. The summed E-state index contributed by atoms with van der Waals surface area (Å²) >= 11 is 4.90. The Labute approximate surface area is 94.0 Å². The molecule has 0 aliphatic heterocycles. The predicted molar refractivity (Wildman–Crippen MR) is 65.6 cm³/mol. The Morgan fingerprint density at radius 3 is 3.20 bits per heavy atom. The second-order valence-corrected chi connectivity index (χ2v) is 3.03. The van der Waals surface area contributed by atoms with Gasteiger partial charge in [-0.1, -0.05) is 0 Å². The molecule has 1 rings (SSSR count). The molecule has 1 heterocycles. The van der Waals surface area contributed by atoms with E-state index in [4.69, 9.17) is 16.6 Å². The summed E-state index contributed by atoms with van der Waals surface area (Å²) in [5.41, 5.74) is 2.67. The summed E-state index contributed by atoms with van der Waals surface area (Å²) in [7, 11) is 0. The van der Waals surface area contributed by atoms with Crippen LogP contribution in [0.1, 0.15) is 12.7 Å². The van der Waals surface area contributed by atoms with Crippen LogP contribution in [0.15, 0.2) is 34.0 Å². The van der Waals surface area contributed by atoms with Gasteiger partial charge >= 0.3 is 0 Å². The van der Waals surface area contributed by atoms with Crippen LogP contribution < -0.4 is 10.7 Å². The van der Waals surface area contributed by atoms with Crippen molar-refractivity contribution in [2.24, 2.45) is 5.10 Å². The van der Waals surface area contributed by atoms with Gasteiger partial charge in [-0.05, 0) is 43.4 Å². The van der Waals surface area contributed by atoms with Gasteiger partial charge in [-0.15, -0.1) is 0 Å². The highest BCUT2D eigenvalue weighted by Crippen LogP contribution is 2.00. The lowest BCUT2D eigenvalue weighted by Crippen LogP contribution is -2.31. The molecule has 5 heteroatoms. The molecule has 4 nitrogen and oxygen atoms in total. The van der Waals surface area contributed by atoms with E-state index in [9.17, 15) is 0 Å². The molecule has 0 spiro atoms. The van der Waals surface area contributed by atoms with E-state index in [1.807, 2.05) is 25.1 Å². The number of thiocarbonyl (C=S) groups is 1. The number of furan rings is 1. The zero-order chi connectivity index (χ0) is 10.9. The average molecular weight is 223 g/mol. The van der Waals surface area contributed by atoms with Crippen molar-refractivity contribution in [1.29, 1.82) is 0 Å². The van der Waals surface area contributed by atoms with Gasteiger partial charge in [0.15, 0.2) is 5.11 Å². The Bertz CT molecular complexity index is 344. The largest absolute Gasteiger partial charge is 0.465 e. The van der Waals surface area contributed by atoms with Crippen molar-refractivity contribution < 1.29 is 4.42 Å². The Kier molecular flexibility index (Phi) is 5.18. The van der Waals surface area contributed by atoms with E-state index in [1.54, 1.807) is 18.6 Å². The molecule has 15 heavy (non-hydrogen) atoms. The first-order chi connectivity index (χ1) is 7.33. The molecule has 0 atom stereocenters. The number of hydrazone groups is 1. The van der Waals surface area contributed by atoms with Gasteiger partial charge < -0.3 is 9.73 Å². The lowest BCUT2D eigenvalue weighted by Gasteiger charge is -2.01. The van der Waals surface area contributed by atoms with Crippen molar-refractivity contribution in [3.63, 3.8) is 0 Å². The van der Waals surface area contributed by atoms with E-state index >= 15 is 0 Å². The Morgan fingerprint density at radius 1 is 1.67 bits per heavy atom. The third-order valence-electron chi connectivity index (χ3n) is 1.47. The zero-order valence-corrected chi connectivity index (χ0v) is 9.25. The molecule has 0 saturated carbocycles. The summed E-state index contributed by atoms with van der Waals surface area (Å²) in [4.78, 5) is 0. The van der Waals surface area contributed by atoms with Gasteiger partial charge in [0.05, 0.1) is 6.26 Å². The maximum Gasteiger partial charge on any atom is 0.186 e. The molecule has 0 saturated heterocycles. The van der Waals surface area contributed by atoms with E-state index in [1.165, 1.54) is 0 Å². The topological polar surface area (TPSA) is 49.6 Å². The molecule has 80 valence electrons. The average Bonchev–Trinajstić information content (AvgIpc) is 2.70. The predicted octanol–water partition coefficient (Wildman–Crippen LogP) is 1.76. The first-order valence-corrected chi connectivity index (χ1v) is 5.01. The number of nitrogens with zero attached hydrogens (tertiary/aromatic N) is 1. The number of hydrogen-bond acceptors (Lipinski definition) is 3. The van der Waals surface area contributed by atoms with E-state index in [-0.39, 0.29) is 0 Å². The van der Waals surface area contributed by atoms with Crippen molar-refractivity contribution in [2.75, 3.05) is 6.54 Å². The van der Waals surface area contributed by atoms with Crippen LogP contribution in [0.4, 0.5) is 0 Å². The molecule has 0 aromatic carbocycles. The first-order valence-electron chi connectivity index (χ1n) is 4.60. The molecule has 2 N–H and O–H groups in total. The fraction of sp³-hybridized carbons (Fsp3) is 0.200. The highest BCUT2D eigenvalue weighted by Gasteiger charge is 1.86. The Morgan fingerprint density at radius 2 is 2.53 bits per heavy atom. The van der Waals surface area contributed by atoms with Gasteiger partial charge in [-0.3, -0.25) is 5.43 Å². The van der Waals surface area contributed by atoms with Crippen molar-refractivity contribution >= 4 is 29.6 Å². The van der Waals surface area contributed by atoms with E-state index in [2.05, 4.69) is 15.8 Å². The van der Waals surface area contributed by atoms with E-state index < -0.39 is 0 Å². The van der Waals surface area contributed by atoms with E-state index in [0.29, 0.717) is 5.11 Å². The van der Waals surface area contributed by atoms with Crippen molar-refractivity contribution in [2.45, 2.75) is 6.92 Å². The number of nitrogens with one attached hydrogen (secondary N) is 2. The molecule has 0 radical (unpaired) electrons. The van der Waals surface area contributed by atoms with Crippen LogP contribution >= 0.6 is 12.2 Å². The fourth-order valence-corrected chi connectivity index (χ4v) is 1.06. The maximum atomic E-state index is 5.09. The second kappa shape index (κ2) is 6.78. The van der Waals surface area contributed by atoms with Crippen LogP contribution in [0.5, 0.6) is 0 Å². The summed E-state index contributed by atoms with van der Waals surface area (Å²) in [5, 5.41) is 7.31. The van der Waals surface area contributed by atoms with Gasteiger partial charge in [0.1, 0.15) is 5.76 Å². The molecule has 0 bridgehead atoms. The first kappa shape index (κ1) is 11.5. The molecule has 0 aliphatic carbocycles. The number of allylic oxidation sites excluding steroid dienone is 1. The second-order valence-electron chi connectivity index (χ2n) is 2.62. The minimum absolute atomic E-state index is 0.514. The summed E-state index contributed by atoms with van der Waals surface area (Å²) in [6.07, 6.45) is 6.80. The van der Waals surface area contributed by atoms with Crippen LogP contribution in [0, 0.1) is 0 Å². The van der Waals surface area contributed by atoms with Crippen LogP contribution in [0.3, 0.4) is 0 Å². The quantitative estimate of drug-likeness (QED) is 0.464. The molecule has 0 aliphatic rings. The summed E-state index contributed by atoms with van der Waals surface area (Å²) < 4.78 is 5.09.